The summed E-state index contributed by atoms with van der Waals surface area (Å²) in [6, 6.07) is 1.44. The topological polar surface area (TPSA) is 9.23 Å². The van der Waals surface area contributed by atoms with E-state index in [2.05, 4.69) is 0 Å². The Kier molecular flexibility index (Phi) is 4.84. The molecule has 1 aromatic carbocycles. The smallest absolute Gasteiger partial charge is 0.377 e. The average Bonchev–Trinajstić information content (AvgIpc) is 2.27. The Morgan fingerprint density at radius 1 is 0.895 bits per heavy atom. The predicted molar refractivity (Wildman–Crippen MR) is 56.4 cm³/mol. The van der Waals surface area contributed by atoms with Gasteiger partial charge in [0.15, 0.2) is 0 Å². The van der Waals surface area contributed by atoms with Gasteiger partial charge in [0.2, 0.25) is 0 Å². The molecule has 0 heterocycles. The lowest BCUT2D eigenvalue weighted by atomic mass is 10.1. The molecule has 1 rings (SSSR count). The summed E-state index contributed by atoms with van der Waals surface area (Å²) in [5, 5.41) is 0. The van der Waals surface area contributed by atoms with Gasteiger partial charge in [0.25, 0.3) is 0 Å². The van der Waals surface area contributed by atoms with Crippen molar-refractivity contribution in [1.82, 2.24) is 0 Å². The number of benzene rings is 1. The standard InChI is InChI=1S/C12H12F6O/c1-2-3-19-7-8-4-9(11(13,14)15)6-10(5-8)12(16,17)18/h4-6H,2-3,7H2,1H3. The maximum absolute atomic E-state index is 12.5. The molecule has 0 atom stereocenters. The van der Waals surface area contributed by atoms with Crippen molar-refractivity contribution in [2.45, 2.75) is 32.3 Å². The van der Waals surface area contributed by atoms with Crippen molar-refractivity contribution in [3.63, 3.8) is 0 Å². The SMILES string of the molecule is CCCOCc1cc(C(F)(F)F)cc(C(F)(F)F)c1. The first-order valence-electron chi connectivity index (χ1n) is 5.50. The van der Waals surface area contributed by atoms with Gasteiger partial charge in [-0.3, -0.25) is 0 Å². The lowest BCUT2D eigenvalue weighted by molar-refractivity contribution is -0.143. The van der Waals surface area contributed by atoms with Crippen LogP contribution in [-0.2, 0) is 23.7 Å². The Morgan fingerprint density at radius 3 is 1.74 bits per heavy atom. The van der Waals surface area contributed by atoms with E-state index in [4.69, 9.17) is 4.74 Å². The minimum absolute atomic E-state index is 0.101. The van der Waals surface area contributed by atoms with Crippen molar-refractivity contribution in [2.75, 3.05) is 6.61 Å². The van der Waals surface area contributed by atoms with Crippen LogP contribution in [0.15, 0.2) is 18.2 Å². The van der Waals surface area contributed by atoms with Crippen LogP contribution < -0.4 is 0 Å². The molecule has 108 valence electrons. The zero-order valence-electron chi connectivity index (χ0n) is 10.0. The summed E-state index contributed by atoms with van der Waals surface area (Å²) in [6.07, 6.45) is -9.01. The lowest BCUT2D eigenvalue weighted by Gasteiger charge is -2.14. The first-order chi connectivity index (χ1) is 8.64. The molecular weight excluding hydrogens is 274 g/mol. The van der Waals surface area contributed by atoms with Crippen LogP contribution in [0.1, 0.15) is 30.0 Å². The molecule has 0 aliphatic carbocycles. The summed E-state index contributed by atoms with van der Waals surface area (Å²) < 4.78 is 80.1. The first kappa shape index (κ1) is 15.8. The highest BCUT2D eigenvalue weighted by Gasteiger charge is 2.36. The fourth-order valence-corrected chi connectivity index (χ4v) is 1.44. The van der Waals surface area contributed by atoms with Gasteiger partial charge < -0.3 is 4.74 Å². The molecule has 1 nitrogen and oxygen atoms in total. The number of alkyl halides is 6. The van der Waals surface area contributed by atoms with Crippen molar-refractivity contribution < 1.29 is 31.1 Å². The third-order valence-electron chi connectivity index (χ3n) is 2.26. The Labute approximate surface area is 106 Å². The molecule has 0 unspecified atom stereocenters. The Balaban J connectivity index is 3.10. The van der Waals surface area contributed by atoms with Gasteiger partial charge in [0.05, 0.1) is 17.7 Å². The highest BCUT2D eigenvalue weighted by atomic mass is 19.4. The van der Waals surface area contributed by atoms with Crippen molar-refractivity contribution in [1.29, 1.82) is 0 Å². The van der Waals surface area contributed by atoms with E-state index in [1.54, 1.807) is 6.92 Å². The van der Waals surface area contributed by atoms with Crippen LogP contribution in [0.3, 0.4) is 0 Å². The van der Waals surface area contributed by atoms with Gasteiger partial charge in [-0.2, -0.15) is 26.3 Å². The van der Waals surface area contributed by atoms with Gasteiger partial charge in [-0.05, 0) is 30.2 Å². The molecule has 0 aromatic heterocycles. The summed E-state index contributed by atoms with van der Waals surface area (Å²) in [5.74, 6) is 0. The minimum atomic E-state index is -4.82. The minimum Gasteiger partial charge on any atom is -0.377 e. The molecule has 19 heavy (non-hydrogen) atoms. The summed E-state index contributed by atoms with van der Waals surface area (Å²) >= 11 is 0. The molecule has 0 saturated heterocycles. The van der Waals surface area contributed by atoms with Gasteiger partial charge in [-0.1, -0.05) is 6.92 Å². The Hall–Kier alpha value is -1.24. The molecule has 7 heteroatoms. The molecule has 0 aliphatic heterocycles. The maximum atomic E-state index is 12.5. The van der Waals surface area contributed by atoms with E-state index in [1.807, 2.05) is 0 Å². The number of rotatable bonds is 4. The van der Waals surface area contributed by atoms with E-state index < -0.39 is 23.5 Å². The molecule has 0 amide bonds. The van der Waals surface area contributed by atoms with E-state index in [0.717, 1.165) is 0 Å². The highest BCUT2D eigenvalue weighted by Crippen LogP contribution is 2.36. The molecule has 0 N–H and O–H groups in total. The van der Waals surface area contributed by atoms with Crippen LogP contribution in [0, 0.1) is 0 Å². The van der Waals surface area contributed by atoms with Crippen LogP contribution >= 0.6 is 0 Å². The number of halogens is 6. The number of ether oxygens (including phenoxy) is 1. The summed E-state index contributed by atoms with van der Waals surface area (Å²) in [4.78, 5) is 0. The molecular formula is C12H12F6O. The fourth-order valence-electron chi connectivity index (χ4n) is 1.44. The number of hydrogen-bond donors (Lipinski definition) is 0. The quantitative estimate of drug-likeness (QED) is 0.578. The van der Waals surface area contributed by atoms with Crippen molar-refractivity contribution in [3.8, 4) is 0 Å². The van der Waals surface area contributed by atoms with E-state index in [0.29, 0.717) is 18.6 Å². The third kappa shape index (κ3) is 4.74. The first-order valence-corrected chi connectivity index (χ1v) is 5.50. The van der Waals surface area contributed by atoms with E-state index in [-0.39, 0.29) is 24.8 Å². The molecule has 0 aliphatic rings. The second-order valence-electron chi connectivity index (χ2n) is 3.97. The van der Waals surface area contributed by atoms with Gasteiger partial charge in [-0.15, -0.1) is 0 Å². The summed E-state index contributed by atoms with van der Waals surface area (Å²) in [6.45, 7) is 1.78. The number of hydrogen-bond acceptors (Lipinski definition) is 1. The van der Waals surface area contributed by atoms with Crippen LogP contribution in [-0.4, -0.2) is 6.61 Å². The molecule has 0 radical (unpaired) electrons. The van der Waals surface area contributed by atoms with Crippen LogP contribution in [0.4, 0.5) is 26.3 Å². The van der Waals surface area contributed by atoms with Gasteiger partial charge in [0, 0.05) is 6.61 Å². The van der Waals surface area contributed by atoms with E-state index >= 15 is 0 Å². The van der Waals surface area contributed by atoms with Gasteiger partial charge in [-0.25, -0.2) is 0 Å². The molecule has 0 saturated carbocycles. The average molecular weight is 286 g/mol. The summed E-state index contributed by atoms with van der Waals surface area (Å²) in [5.41, 5.74) is -2.79. The molecule has 0 spiro atoms. The van der Waals surface area contributed by atoms with Gasteiger partial charge >= 0.3 is 12.4 Å². The van der Waals surface area contributed by atoms with E-state index in [9.17, 15) is 26.3 Å². The van der Waals surface area contributed by atoms with Crippen molar-refractivity contribution in [2.24, 2.45) is 0 Å². The predicted octanol–water partition coefficient (Wildman–Crippen LogP) is 4.65. The second kappa shape index (κ2) is 5.81. The Bertz CT molecular complexity index is 389. The van der Waals surface area contributed by atoms with Gasteiger partial charge in [0.1, 0.15) is 0 Å². The lowest BCUT2D eigenvalue weighted by Crippen LogP contribution is -2.12. The third-order valence-corrected chi connectivity index (χ3v) is 2.26. The largest absolute Gasteiger partial charge is 0.416 e. The zero-order chi connectivity index (χ0) is 14.7. The Morgan fingerprint density at radius 2 is 1.37 bits per heavy atom. The monoisotopic (exact) mass is 286 g/mol. The summed E-state index contributed by atoms with van der Waals surface area (Å²) in [7, 11) is 0. The fraction of sp³-hybridized carbons (Fsp3) is 0.500. The van der Waals surface area contributed by atoms with E-state index in [1.165, 1.54) is 0 Å². The molecule has 0 bridgehead atoms. The van der Waals surface area contributed by atoms with Crippen molar-refractivity contribution in [3.05, 3.63) is 34.9 Å². The second-order valence-corrected chi connectivity index (χ2v) is 3.97. The molecule has 0 fully saturated rings. The highest BCUT2D eigenvalue weighted by molar-refractivity contribution is 5.33. The van der Waals surface area contributed by atoms with Crippen LogP contribution in [0.5, 0.6) is 0 Å². The maximum Gasteiger partial charge on any atom is 0.416 e. The van der Waals surface area contributed by atoms with Crippen molar-refractivity contribution >= 4 is 0 Å². The molecule has 1 aromatic rings. The normalized spacial score (nSPS) is 12.8. The van der Waals surface area contributed by atoms with Crippen LogP contribution in [0.2, 0.25) is 0 Å². The van der Waals surface area contributed by atoms with Crippen LogP contribution in [0.25, 0.3) is 0 Å². The zero-order valence-corrected chi connectivity index (χ0v) is 10.0.